The van der Waals surface area contributed by atoms with Crippen LogP contribution in [0.3, 0.4) is 0 Å². The molecule has 1 aliphatic rings. The molecule has 2 aromatic rings. The lowest BCUT2D eigenvalue weighted by Crippen LogP contribution is -2.24. The fraction of sp³-hybridized carbons (Fsp3) is 0.200. The molecular formula is C15H13ClFNO. The molecule has 0 fully saturated rings. The van der Waals surface area contributed by atoms with E-state index in [1.165, 1.54) is 6.07 Å². The summed E-state index contributed by atoms with van der Waals surface area (Å²) in [5.74, 6) is 0.365. The first kappa shape index (κ1) is 12.5. The molecule has 2 atom stereocenters. The number of hydrogen-bond acceptors (Lipinski definition) is 2. The summed E-state index contributed by atoms with van der Waals surface area (Å²) in [5, 5.41) is 0.377. The van der Waals surface area contributed by atoms with Gasteiger partial charge in [0.2, 0.25) is 0 Å². The molecule has 98 valence electrons. The summed E-state index contributed by atoms with van der Waals surface area (Å²) in [4.78, 5) is 0. The average molecular weight is 278 g/mol. The predicted molar refractivity (Wildman–Crippen MR) is 72.8 cm³/mol. The van der Waals surface area contributed by atoms with Crippen molar-refractivity contribution in [2.75, 3.05) is 0 Å². The van der Waals surface area contributed by atoms with Gasteiger partial charge in [-0.15, -0.1) is 0 Å². The molecule has 0 saturated carbocycles. The average Bonchev–Trinajstić information content (AvgIpc) is 2.38. The molecule has 2 N–H and O–H groups in total. The van der Waals surface area contributed by atoms with Crippen LogP contribution in [-0.4, -0.2) is 0 Å². The molecule has 0 aliphatic carbocycles. The van der Waals surface area contributed by atoms with Crippen LogP contribution in [0.25, 0.3) is 0 Å². The Morgan fingerprint density at radius 2 is 1.95 bits per heavy atom. The number of benzene rings is 2. The highest BCUT2D eigenvalue weighted by molar-refractivity contribution is 6.30. The van der Waals surface area contributed by atoms with Gasteiger partial charge >= 0.3 is 0 Å². The second-order valence-corrected chi connectivity index (χ2v) is 5.09. The van der Waals surface area contributed by atoms with Crippen molar-refractivity contribution in [2.24, 2.45) is 5.73 Å². The predicted octanol–water partition coefficient (Wildman–Crippen LogP) is 4.00. The summed E-state index contributed by atoms with van der Waals surface area (Å²) in [6.45, 7) is 0. The molecule has 1 unspecified atom stereocenters. The zero-order valence-corrected chi connectivity index (χ0v) is 10.9. The Morgan fingerprint density at radius 3 is 2.74 bits per heavy atom. The van der Waals surface area contributed by atoms with Crippen molar-refractivity contribution < 1.29 is 9.13 Å². The minimum atomic E-state index is -0.373. The van der Waals surface area contributed by atoms with E-state index in [1.54, 1.807) is 12.1 Å². The van der Waals surface area contributed by atoms with Crippen molar-refractivity contribution >= 4 is 11.6 Å². The van der Waals surface area contributed by atoms with Gasteiger partial charge in [0.25, 0.3) is 0 Å². The maximum atomic E-state index is 13.9. The zero-order valence-electron chi connectivity index (χ0n) is 10.1. The number of halogens is 2. The fourth-order valence-electron chi connectivity index (χ4n) is 2.41. The number of nitrogens with two attached hydrogens (primary N) is 1. The van der Waals surface area contributed by atoms with Crippen molar-refractivity contribution in [1.29, 1.82) is 0 Å². The van der Waals surface area contributed by atoms with E-state index in [-0.39, 0.29) is 18.0 Å². The quantitative estimate of drug-likeness (QED) is 0.855. The Bertz CT molecular complexity index is 617. The van der Waals surface area contributed by atoms with E-state index in [4.69, 9.17) is 22.1 Å². The van der Waals surface area contributed by atoms with Crippen LogP contribution < -0.4 is 10.5 Å². The summed E-state index contributed by atoms with van der Waals surface area (Å²) >= 11 is 5.76. The van der Waals surface area contributed by atoms with E-state index in [0.717, 1.165) is 11.3 Å². The maximum Gasteiger partial charge on any atom is 0.131 e. The minimum Gasteiger partial charge on any atom is -0.485 e. The summed E-state index contributed by atoms with van der Waals surface area (Å²) in [6.07, 6.45) is 0.178. The molecule has 0 bridgehead atoms. The van der Waals surface area contributed by atoms with Crippen LogP contribution in [0.15, 0.2) is 42.5 Å². The molecule has 0 radical (unpaired) electrons. The Hall–Kier alpha value is -1.58. The summed E-state index contributed by atoms with van der Waals surface area (Å²) in [5.41, 5.74) is 7.59. The second kappa shape index (κ2) is 4.83. The molecule has 0 aromatic heterocycles. The molecule has 2 nitrogen and oxygen atoms in total. The third-order valence-electron chi connectivity index (χ3n) is 3.37. The fourth-order valence-corrected chi connectivity index (χ4v) is 2.57. The molecule has 19 heavy (non-hydrogen) atoms. The highest BCUT2D eigenvalue weighted by atomic mass is 35.5. The normalized spacial score (nSPS) is 21.6. The monoisotopic (exact) mass is 277 g/mol. The van der Waals surface area contributed by atoms with Crippen molar-refractivity contribution in [3.63, 3.8) is 0 Å². The van der Waals surface area contributed by atoms with Gasteiger partial charge in [-0.25, -0.2) is 4.39 Å². The topological polar surface area (TPSA) is 35.2 Å². The molecule has 1 heterocycles. The van der Waals surface area contributed by atoms with Gasteiger partial charge < -0.3 is 10.5 Å². The lowest BCUT2D eigenvalue weighted by molar-refractivity contribution is 0.157. The smallest absolute Gasteiger partial charge is 0.131 e. The number of hydrogen-bond donors (Lipinski definition) is 1. The maximum absolute atomic E-state index is 13.9. The van der Waals surface area contributed by atoms with E-state index in [1.807, 2.05) is 24.3 Å². The van der Waals surface area contributed by atoms with E-state index in [2.05, 4.69) is 0 Å². The third kappa shape index (κ3) is 2.31. The molecule has 0 spiro atoms. The Kier molecular flexibility index (Phi) is 3.17. The van der Waals surface area contributed by atoms with Gasteiger partial charge in [0.1, 0.15) is 17.7 Å². The standard InChI is InChI=1S/C15H13ClFNO/c16-9-5-6-10(12(17)7-9)15-8-13(18)11-3-1-2-4-14(11)19-15/h1-7,13,15H,8,18H2/t13-,15?/m1/s1. The highest BCUT2D eigenvalue weighted by Gasteiger charge is 2.28. The minimum absolute atomic E-state index is 0.148. The molecule has 0 amide bonds. The number of rotatable bonds is 1. The van der Waals surface area contributed by atoms with Crippen molar-refractivity contribution in [2.45, 2.75) is 18.6 Å². The van der Waals surface area contributed by atoms with Crippen molar-refractivity contribution in [3.05, 3.63) is 64.4 Å². The third-order valence-corrected chi connectivity index (χ3v) is 3.60. The lowest BCUT2D eigenvalue weighted by Gasteiger charge is -2.30. The molecule has 4 heteroatoms. The highest BCUT2D eigenvalue weighted by Crippen LogP contribution is 2.40. The van der Waals surface area contributed by atoms with Gasteiger partial charge in [0.15, 0.2) is 0 Å². The van der Waals surface area contributed by atoms with Crippen molar-refractivity contribution in [1.82, 2.24) is 0 Å². The van der Waals surface area contributed by atoms with Gasteiger partial charge in [0.05, 0.1) is 0 Å². The van der Waals surface area contributed by atoms with Gasteiger partial charge in [-0.2, -0.15) is 0 Å². The van der Waals surface area contributed by atoms with E-state index in [0.29, 0.717) is 17.0 Å². The van der Waals surface area contributed by atoms with E-state index < -0.39 is 0 Å². The molecular weight excluding hydrogens is 265 g/mol. The number of fused-ring (bicyclic) bond motifs is 1. The Labute approximate surface area is 115 Å². The van der Waals surface area contributed by atoms with Gasteiger partial charge in [-0.05, 0) is 18.2 Å². The van der Waals surface area contributed by atoms with Gasteiger partial charge in [0, 0.05) is 28.6 Å². The molecule has 2 aromatic carbocycles. The molecule has 0 saturated heterocycles. The van der Waals surface area contributed by atoms with Gasteiger partial charge in [-0.1, -0.05) is 35.9 Å². The summed E-state index contributed by atoms with van der Waals surface area (Å²) < 4.78 is 19.8. The SMILES string of the molecule is N[C@@H]1CC(c2ccc(Cl)cc2F)Oc2ccccc21. The van der Waals surface area contributed by atoms with Crippen LogP contribution in [0.1, 0.15) is 29.7 Å². The van der Waals surface area contributed by atoms with Crippen LogP contribution in [-0.2, 0) is 0 Å². The van der Waals surface area contributed by atoms with E-state index in [9.17, 15) is 4.39 Å². The van der Waals surface area contributed by atoms with Crippen LogP contribution in [0.5, 0.6) is 5.75 Å². The lowest BCUT2D eigenvalue weighted by atomic mass is 9.93. The van der Waals surface area contributed by atoms with E-state index >= 15 is 0 Å². The Morgan fingerprint density at radius 1 is 1.16 bits per heavy atom. The molecule has 3 rings (SSSR count). The summed E-state index contributed by atoms with van der Waals surface area (Å²) in [6, 6.07) is 12.1. The van der Waals surface area contributed by atoms with Crippen LogP contribution in [0.4, 0.5) is 4.39 Å². The Balaban J connectivity index is 1.97. The first-order valence-electron chi connectivity index (χ1n) is 6.11. The number of ether oxygens (including phenoxy) is 1. The second-order valence-electron chi connectivity index (χ2n) is 4.65. The first-order chi connectivity index (χ1) is 9.15. The first-order valence-corrected chi connectivity index (χ1v) is 6.49. The summed E-state index contributed by atoms with van der Waals surface area (Å²) in [7, 11) is 0. The number of para-hydroxylation sites is 1. The van der Waals surface area contributed by atoms with Gasteiger partial charge in [-0.3, -0.25) is 0 Å². The van der Waals surface area contributed by atoms with Crippen LogP contribution in [0, 0.1) is 5.82 Å². The molecule has 1 aliphatic heterocycles. The van der Waals surface area contributed by atoms with Crippen LogP contribution >= 0.6 is 11.6 Å². The largest absolute Gasteiger partial charge is 0.485 e. The zero-order chi connectivity index (χ0) is 13.4. The van der Waals surface area contributed by atoms with Crippen LogP contribution in [0.2, 0.25) is 5.02 Å². The van der Waals surface area contributed by atoms with Crippen molar-refractivity contribution in [3.8, 4) is 5.75 Å².